The zero-order chi connectivity index (χ0) is 34.6. The summed E-state index contributed by atoms with van der Waals surface area (Å²) in [6.45, 7) is 8.84. The van der Waals surface area contributed by atoms with Gasteiger partial charge in [-0.15, -0.1) is 0 Å². The highest BCUT2D eigenvalue weighted by Crippen LogP contribution is 2.13. The van der Waals surface area contributed by atoms with E-state index in [2.05, 4.69) is 29.5 Å². The molecule has 47 heavy (non-hydrogen) atoms. The number of ether oxygens (including phenoxy) is 2. The van der Waals surface area contributed by atoms with E-state index in [1.165, 1.54) is 135 Å². The summed E-state index contributed by atoms with van der Waals surface area (Å²) in [4.78, 5) is 29.3. The van der Waals surface area contributed by atoms with E-state index in [1.807, 2.05) is 6.92 Å². The second kappa shape index (κ2) is 35.3. The van der Waals surface area contributed by atoms with Crippen LogP contribution in [0.2, 0.25) is 0 Å². The number of amides is 2. The molecule has 0 rings (SSSR count). The van der Waals surface area contributed by atoms with Gasteiger partial charge in [-0.3, -0.25) is 9.79 Å². The Kier molecular flexibility index (Phi) is 33.8. The van der Waals surface area contributed by atoms with Crippen LogP contribution in [0.5, 0.6) is 0 Å². The quantitative estimate of drug-likeness (QED) is 0.0302. The molecule has 0 aliphatic rings. The van der Waals surface area contributed by atoms with E-state index in [9.17, 15) is 9.59 Å². The molecule has 0 fully saturated rings. The monoisotopic (exact) mass is 668 g/mol. The summed E-state index contributed by atoms with van der Waals surface area (Å²) in [5.41, 5.74) is 10.9. The Balaban J connectivity index is 4.01. The number of carbonyl (C=O) groups is 2. The minimum Gasteiger partial charge on any atom is -0.449 e. The first kappa shape index (κ1) is 45.0. The fourth-order valence-corrected chi connectivity index (χ4v) is 5.67. The molecule has 2 unspecified atom stereocenters. The number of nitrogens with one attached hydrogen (secondary N) is 2. The first-order valence-electron chi connectivity index (χ1n) is 19.7. The Hall–Kier alpha value is -2.03. The van der Waals surface area contributed by atoms with Crippen LogP contribution in [0.4, 0.5) is 4.79 Å². The van der Waals surface area contributed by atoms with Gasteiger partial charge in [0.25, 0.3) is 0 Å². The van der Waals surface area contributed by atoms with Gasteiger partial charge in [-0.1, -0.05) is 162 Å². The van der Waals surface area contributed by atoms with E-state index in [1.54, 1.807) is 0 Å². The van der Waals surface area contributed by atoms with Crippen molar-refractivity contribution in [1.29, 1.82) is 0 Å². The summed E-state index contributed by atoms with van der Waals surface area (Å²) in [5, 5.41) is 5.65. The van der Waals surface area contributed by atoms with Gasteiger partial charge >= 0.3 is 6.09 Å². The molecule has 0 spiro atoms. The Morgan fingerprint density at radius 1 is 0.638 bits per heavy atom. The van der Waals surface area contributed by atoms with Gasteiger partial charge in [0.15, 0.2) is 5.96 Å². The molecule has 0 aromatic heterocycles. The van der Waals surface area contributed by atoms with Crippen LogP contribution in [-0.2, 0) is 14.3 Å². The lowest BCUT2D eigenvalue weighted by Crippen LogP contribution is -2.47. The molecule has 0 aliphatic carbocycles. The smallest absolute Gasteiger partial charge is 0.407 e. The summed E-state index contributed by atoms with van der Waals surface area (Å²) in [7, 11) is 0. The van der Waals surface area contributed by atoms with Gasteiger partial charge in [-0.25, -0.2) is 4.79 Å². The minimum atomic E-state index is -0.764. The van der Waals surface area contributed by atoms with E-state index >= 15 is 0 Å². The van der Waals surface area contributed by atoms with Crippen molar-refractivity contribution in [2.24, 2.45) is 22.4 Å². The molecule has 0 aromatic rings. The predicted octanol–water partition coefficient (Wildman–Crippen LogP) is 8.92. The molecular formula is C38H77N5O4. The fourth-order valence-electron chi connectivity index (χ4n) is 5.67. The number of carbonyl (C=O) groups excluding carboxylic acids is 2. The predicted molar refractivity (Wildman–Crippen MR) is 199 cm³/mol. The zero-order valence-electron chi connectivity index (χ0n) is 31.1. The van der Waals surface area contributed by atoms with Crippen molar-refractivity contribution in [3.63, 3.8) is 0 Å². The number of hydrogen-bond donors (Lipinski definition) is 4. The van der Waals surface area contributed by atoms with Crippen LogP contribution in [0.3, 0.4) is 0 Å². The third-order valence-corrected chi connectivity index (χ3v) is 8.69. The highest BCUT2D eigenvalue weighted by Gasteiger charge is 2.21. The number of nitrogens with zero attached hydrogens (tertiary/aromatic N) is 1. The first-order chi connectivity index (χ1) is 22.9. The number of aliphatic imine (C=N–C) groups is 1. The molecule has 0 bridgehead atoms. The van der Waals surface area contributed by atoms with Gasteiger partial charge in [0.05, 0.1) is 13.2 Å². The topological polar surface area (TPSA) is 141 Å². The average Bonchev–Trinajstić information content (AvgIpc) is 3.05. The fraction of sp³-hybridized carbons (Fsp3) is 0.921. The molecule has 6 N–H and O–H groups in total. The number of hydrogen-bond acceptors (Lipinski definition) is 5. The standard InChI is InChI=1S/C38H77N5O4/c1-4-6-8-10-12-14-16-18-20-22-24-26-29-41-36(44)35(28-30-42-37(39)40)43-38(45)47-33-34(3)32-46-31-27-25-23-21-19-17-15-13-11-9-7-5-2/h34-35H,4-33H2,1-3H3,(H,41,44)(H,43,45)(H4,39,40,42). The van der Waals surface area contributed by atoms with Gasteiger partial charge in [-0.2, -0.15) is 0 Å². The van der Waals surface area contributed by atoms with Gasteiger partial charge in [-0.05, 0) is 19.3 Å². The van der Waals surface area contributed by atoms with Gasteiger partial charge in [0.1, 0.15) is 6.04 Å². The molecule has 0 saturated carbocycles. The Bertz CT molecular complexity index is 733. The Morgan fingerprint density at radius 3 is 1.55 bits per heavy atom. The van der Waals surface area contributed by atoms with Crippen molar-refractivity contribution in [2.45, 2.75) is 187 Å². The van der Waals surface area contributed by atoms with Crippen LogP contribution < -0.4 is 22.1 Å². The highest BCUT2D eigenvalue weighted by atomic mass is 16.6. The Morgan fingerprint density at radius 2 is 1.09 bits per heavy atom. The normalized spacial score (nSPS) is 12.4. The van der Waals surface area contributed by atoms with Gasteiger partial charge in [0, 0.05) is 25.6 Å². The first-order valence-corrected chi connectivity index (χ1v) is 19.7. The highest BCUT2D eigenvalue weighted by molar-refractivity contribution is 5.85. The average molecular weight is 668 g/mol. The van der Waals surface area contributed by atoms with Crippen molar-refractivity contribution in [3.8, 4) is 0 Å². The van der Waals surface area contributed by atoms with Crippen molar-refractivity contribution in [3.05, 3.63) is 0 Å². The van der Waals surface area contributed by atoms with Crippen molar-refractivity contribution < 1.29 is 19.1 Å². The van der Waals surface area contributed by atoms with Crippen LogP contribution in [0, 0.1) is 5.92 Å². The largest absolute Gasteiger partial charge is 0.449 e. The molecular weight excluding hydrogens is 590 g/mol. The molecule has 9 heteroatoms. The summed E-state index contributed by atoms with van der Waals surface area (Å²) >= 11 is 0. The number of nitrogens with two attached hydrogens (primary N) is 2. The summed E-state index contributed by atoms with van der Waals surface area (Å²) in [6, 6.07) is -0.764. The number of guanidine groups is 1. The van der Waals surface area contributed by atoms with Gasteiger partial charge < -0.3 is 31.6 Å². The maximum Gasteiger partial charge on any atom is 0.407 e. The third kappa shape index (κ3) is 33.7. The van der Waals surface area contributed by atoms with E-state index in [-0.39, 0.29) is 37.4 Å². The van der Waals surface area contributed by atoms with Crippen LogP contribution in [0.15, 0.2) is 4.99 Å². The molecule has 2 amide bonds. The van der Waals surface area contributed by atoms with Crippen molar-refractivity contribution >= 4 is 18.0 Å². The molecule has 0 heterocycles. The summed E-state index contributed by atoms with van der Waals surface area (Å²) in [5.74, 6) is -0.215. The maximum atomic E-state index is 12.8. The number of unbranched alkanes of at least 4 members (excludes halogenated alkanes) is 22. The maximum absolute atomic E-state index is 12.8. The molecule has 2 atom stereocenters. The molecule has 0 saturated heterocycles. The SMILES string of the molecule is CCCCCCCCCCCCCCNC(=O)C(CCN=C(N)N)NC(=O)OCC(C)COCCCCCCCCCCCCCC. The lowest BCUT2D eigenvalue weighted by molar-refractivity contribution is -0.123. The zero-order valence-corrected chi connectivity index (χ0v) is 31.1. The second-order valence-corrected chi connectivity index (χ2v) is 13.6. The molecule has 278 valence electrons. The molecule has 0 aromatic carbocycles. The van der Waals surface area contributed by atoms with E-state index in [4.69, 9.17) is 20.9 Å². The van der Waals surface area contributed by atoms with Gasteiger partial charge in [0.2, 0.25) is 5.91 Å². The molecule has 0 radical (unpaired) electrons. The minimum absolute atomic E-state index is 0.0412. The van der Waals surface area contributed by atoms with Crippen molar-refractivity contribution in [1.82, 2.24) is 10.6 Å². The second-order valence-electron chi connectivity index (χ2n) is 13.6. The van der Waals surface area contributed by atoms with Crippen LogP contribution in [-0.4, -0.2) is 56.9 Å². The molecule has 9 nitrogen and oxygen atoms in total. The van der Waals surface area contributed by atoms with Crippen molar-refractivity contribution in [2.75, 3.05) is 32.9 Å². The number of rotatable bonds is 35. The molecule has 0 aliphatic heterocycles. The van der Waals surface area contributed by atoms with E-state index < -0.39 is 12.1 Å². The third-order valence-electron chi connectivity index (χ3n) is 8.69. The number of alkyl carbamates (subject to hydrolysis) is 1. The van der Waals surface area contributed by atoms with Crippen LogP contribution >= 0.6 is 0 Å². The lowest BCUT2D eigenvalue weighted by atomic mass is 10.1. The van der Waals surface area contributed by atoms with E-state index in [0.717, 1.165) is 25.9 Å². The van der Waals surface area contributed by atoms with Crippen LogP contribution in [0.25, 0.3) is 0 Å². The summed E-state index contributed by atoms with van der Waals surface area (Å²) < 4.78 is 11.2. The Labute approximate surface area is 289 Å². The van der Waals surface area contributed by atoms with Crippen LogP contribution in [0.1, 0.15) is 181 Å². The van der Waals surface area contributed by atoms with E-state index in [0.29, 0.717) is 13.2 Å². The lowest BCUT2D eigenvalue weighted by Gasteiger charge is -2.19. The summed E-state index contributed by atoms with van der Waals surface area (Å²) in [6.07, 6.45) is 30.7.